The molecule has 2 fully saturated rings. The van der Waals surface area contributed by atoms with Crippen LogP contribution in [0.3, 0.4) is 0 Å². The van der Waals surface area contributed by atoms with Gasteiger partial charge in [-0.05, 0) is 25.7 Å². The average Bonchev–Trinajstić information content (AvgIpc) is 3.17. The largest absolute Gasteiger partial charge is 0.481 e. The molecule has 2 aliphatic rings. The van der Waals surface area contributed by atoms with Gasteiger partial charge in [-0.1, -0.05) is 49.9 Å². The number of hydrogen-bond donors (Lipinski definition) is 3. The number of carboxylic acids is 1. The van der Waals surface area contributed by atoms with Crippen molar-refractivity contribution in [2.24, 2.45) is 0 Å². The first-order valence-corrected chi connectivity index (χ1v) is 12.5. The average molecular weight is 459 g/mol. The molecule has 11 heteroatoms. The van der Waals surface area contributed by atoms with Crippen molar-refractivity contribution in [2.75, 3.05) is 16.2 Å². The Balaban J connectivity index is 1.70. The van der Waals surface area contributed by atoms with Crippen LogP contribution < -0.4 is 9.62 Å². The first-order valence-electron chi connectivity index (χ1n) is 10.6. The molecule has 1 unspecified atom stereocenters. The van der Waals surface area contributed by atoms with Gasteiger partial charge in [0.2, 0.25) is 0 Å². The zero-order valence-corrected chi connectivity index (χ0v) is 18.6. The molecule has 30 heavy (non-hydrogen) atoms. The van der Waals surface area contributed by atoms with Crippen LogP contribution in [-0.2, 0) is 16.1 Å². The normalized spacial score (nSPS) is 19.2. The molecule has 2 saturated carbocycles. The number of aliphatic carboxylic acids is 1. The molecule has 1 atom stereocenters. The van der Waals surface area contributed by atoms with Gasteiger partial charge in [0.05, 0.1) is 12.6 Å². The van der Waals surface area contributed by atoms with Gasteiger partial charge in [0, 0.05) is 18.6 Å². The number of nitrogens with one attached hydrogen (secondary N) is 1. The van der Waals surface area contributed by atoms with Gasteiger partial charge in [-0.25, -0.2) is 14.0 Å². The van der Waals surface area contributed by atoms with E-state index in [4.69, 9.17) is 5.11 Å². The molecule has 9 nitrogen and oxygen atoms in total. The number of urea groups is 1. The van der Waals surface area contributed by atoms with Gasteiger partial charge in [-0.2, -0.15) is 0 Å². The zero-order valence-electron chi connectivity index (χ0n) is 17.0. The van der Waals surface area contributed by atoms with Crippen LogP contribution in [0, 0.1) is 0 Å². The fraction of sp³-hybridized carbons (Fsp3) is 0.737. The van der Waals surface area contributed by atoms with E-state index in [1.165, 1.54) is 19.0 Å². The summed E-state index contributed by atoms with van der Waals surface area (Å²) in [5, 5.41) is 12.4. The molecule has 0 spiro atoms. The van der Waals surface area contributed by atoms with Crippen LogP contribution in [0.4, 0.5) is 14.9 Å². The zero-order chi connectivity index (χ0) is 21.5. The van der Waals surface area contributed by atoms with Gasteiger partial charge in [-0.15, -0.1) is 0 Å². The number of rotatable bonds is 8. The quantitative estimate of drug-likeness (QED) is 0.505. The van der Waals surface area contributed by atoms with Crippen LogP contribution >= 0.6 is 11.3 Å². The third-order valence-electron chi connectivity index (χ3n) is 5.84. The van der Waals surface area contributed by atoms with Gasteiger partial charge >= 0.3 is 12.0 Å². The number of thiazole rings is 1. The Morgan fingerprint density at radius 3 is 2.17 bits per heavy atom. The van der Waals surface area contributed by atoms with E-state index < -0.39 is 17.2 Å². The minimum Gasteiger partial charge on any atom is -0.481 e. The summed E-state index contributed by atoms with van der Waals surface area (Å²) in [6.45, 7) is -0.121. The molecule has 1 aromatic heterocycles. The van der Waals surface area contributed by atoms with Crippen molar-refractivity contribution < 1.29 is 23.5 Å². The minimum atomic E-state index is -2.37. The Labute approximate surface area is 183 Å². The lowest BCUT2D eigenvalue weighted by Gasteiger charge is -2.41. The Hall–Kier alpha value is -1.72. The molecule has 3 rings (SSSR count). The van der Waals surface area contributed by atoms with Crippen LogP contribution in [0.1, 0.15) is 70.6 Å². The third kappa shape index (κ3) is 6.14. The number of carbonyl (C=O) groups is 2. The Bertz CT molecular complexity index is 729. The van der Waals surface area contributed by atoms with E-state index in [1.807, 2.05) is 4.90 Å². The maximum atomic E-state index is 13.2. The molecule has 0 aromatic carbocycles. The molecule has 0 radical (unpaired) electrons. The van der Waals surface area contributed by atoms with Gasteiger partial charge in [-0.3, -0.25) is 19.0 Å². The van der Waals surface area contributed by atoms with Crippen LogP contribution in [0.15, 0.2) is 6.20 Å². The lowest BCUT2D eigenvalue weighted by Crippen LogP contribution is -2.50. The van der Waals surface area contributed by atoms with Crippen molar-refractivity contribution in [1.82, 2.24) is 9.88 Å². The molecular weight excluding hydrogens is 428 g/mol. The highest BCUT2D eigenvalue weighted by molar-refractivity contribution is 7.81. The molecule has 0 saturated heterocycles. The molecule has 2 aliphatic carbocycles. The highest BCUT2D eigenvalue weighted by atomic mass is 32.2. The molecule has 1 aromatic rings. The monoisotopic (exact) mass is 458 g/mol. The van der Waals surface area contributed by atoms with E-state index in [2.05, 4.69) is 10.3 Å². The summed E-state index contributed by atoms with van der Waals surface area (Å²) < 4.78 is 22.1. The van der Waals surface area contributed by atoms with E-state index in [9.17, 15) is 18.4 Å². The second-order valence-corrected chi connectivity index (χ2v) is 9.81. The van der Waals surface area contributed by atoms with Crippen molar-refractivity contribution in [1.29, 1.82) is 0 Å². The lowest BCUT2D eigenvalue weighted by molar-refractivity contribution is -0.136. The van der Waals surface area contributed by atoms with E-state index >= 15 is 0 Å². The number of anilines is 2. The van der Waals surface area contributed by atoms with Crippen molar-refractivity contribution in [2.45, 2.75) is 82.7 Å². The topological polar surface area (TPSA) is 123 Å². The predicted molar refractivity (Wildman–Crippen MR) is 117 cm³/mol. The smallest absolute Gasteiger partial charge is 0.324 e. The molecule has 1 heterocycles. The molecule has 2 amide bonds. The van der Waals surface area contributed by atoms with E-state index in [0.29, 0.717) is 10.1 Å². The number of nitrogens with zero attached hydrogens (tertiary/aromatic N) is 3. The maximum absolute atomic E-state index is 13.2. The summed E-state index contributed by atoms with van der Waals surface area (Å²) in [6, 6.07) is 0.341. The Kier molecular flexibility index (Phi) is 8.46. The highest BCUT2D eigenvalue weighted by Crippen LogP contribution is 2.32. The lowest BCUT2D eigenvalue weighted by atomic mass is 9.89. The van der Waals surface area contributed by atoms with Crippen molar-refractivity contribution in [3.8, 4) is 0 Å². The molecule has 0 aliphatic heterocycles. The van der Waals surface area contributed by atoms with Crippen LogP contribution in [0.5, 0.6) is 0 Å². The summed E-state index contributed by atoms with van der Waals surface area (Å²) in [5.41, 5.74) is 0. The van der Waals surface area contributed by atoms with E-state index in [1.54, 1.807) is 0 Å². The van der Waals surface area contributed by atoms with E-state index in [0.717, 1.165) is 67.0 Å². The summed E-state index contributed by atoms with van der Waals surface area (Å²) in [5.74, 6) is -1.06. The summed E-state index contributed by atoms with van der Waals surface area (Å²) in [4.78, 5) is 30.2. The number of aromatic nitrogens is 1. The third-order valence-corrected chi connectivity index (χ3v) is 7.65. The number of amides is 2. The van der Waals surface area contributed by atoms with Crippen LogP contribution in [0.2, 0.25) is 0 Å². The Morgan fingerprint density at radius 2 is 1.67 bits per heavy atom. The van der Waals surface area contributed by atoms with Gasteiger partial charge < -0.3 is 10.0 Å². The van der Waals surface area contributed by atoms with Crippen LogP contribution in [0.25, 0.3) is 0 Å². The standard InChI is InChI=1S/C19H30N4O5S2/c24-17(25)11-12-22(30(27)28)16-13-20-18(29-16)21-19(26)23(14-7-3-1-4-8-14)15-9-5-2-6-10-15/h13-15H,1-12H2,(H,24,25)(H,27,28)(H,20,21,26). The van der Waals surface area contributed by atoms with Crippen molar-refractivity contribution >= 4 is 44.7 Å². The fourth-order valence-electron chi connectivity index (χ4n) is 4.41. The van der Waals surface area contributed by atoms with Crippen molar-refractivity contribution in [3.63, 3.8) is 0 Å². The van der Waals surface area contributed by atoms with Gasteiger partial charge in [0.1, 0.15) is 5.00 Å². The SMILES string of the molecule is O=C(O)CCN(c1cnc(NC(=O)N(C2CCCCC2)C2CCCCC2)s1)S(=O)O. The highest BCUT2D eigenvalue weighted by Gasteiger charge is 2.33. The summed E-state index contributed by atoms with van der Waals surface area (Å²) in [6.07, 6.45) is 12.2. The molecule has 168 valence electrons. The maximum Gasteiger partial charge on any atom is 0.324 e. The summed E-state index contributed by atoms with van der Waals surface area (Å²) in [7, 11) is 0. The Morgan fingerprint density at radius 1 is 1.10 bits per heavy atom. The first-order chi connectivity index (χ1) is 14.5. The second-order valence-electron chi connectivity index (χ2n) is 7.90. The number of carbonyl (C=O) groups excluding carboxylic acids is 1. The minimum absolute atomic E-state index is 0.121. The van der Waals surface area contributed by atoms with Gasteiger partial charge in [0.25, 0.3) is 11.3 Å². The van der Waals surface area contributed by atoms with E-state index in [-0.39, 0.29) is 31.1 Å². The molecular formula is C19H30N4O5S2. The first kappa shape index (κ1) is 23.0. The van der Waals surface area contributed by atoms with Crippen LogP contribution in [-0.4, -0.2) is 54.4 Å². The van der Waals surface area contributed by atoms with Gasteiger partial charge in [0.15, 0.2) is 5.13 Å². The second kappa shape index (κ2) is 11.1. The molecule has 0 bridgehead atoms. The molecule has 3 N–H and O–H groups in total. The van der Waals surface area contributed by atoms with Crippen molar-refractivity contribution in [3.05, 3.63) is 6.20 Å². The predicted octanol–water partition coefficient (Wildman–Crippen LogP) is 4.06. The fourth-order valence-corrected chi connectivity index (χ4v) is 5.90. The number of carboxylic acid groups (broad SMARTS) is 1. The summed E-state index contributed by atoms with van der Waals surface area (Å²) >= 11 is -1.30. The number of hydrogen-bond acceptors (Lipinski definition) is 5.